The zero-order valence-corrected chi connectivity index (χ0v) is 15.3. The molecule has 7 heteroatoms. The van der Waals surface area contributed by atoms with Gasteiger partial charge < -0.3 is 15.2 Å². The van der Waals surface area contributed by atoms with Gasteiger partial charge in [0.1, 0.15) is 0 Å². The Morgan fingerprint density at radius 1 is 1.30 bits per heavy atom. The average Bonchev–Trinajstić information content (AvgIpc) is 3.38. The van der Waals surface area contributed by atoms with Gasteiger partial charge in [0.15, 0.2) is 11.2 Å². The van der Waals surface area contributed by atoms with Crippen LogP contribution in [-0.4, -0.2) is 45.5 Å². The second-order valence-electron chi connectivity index (χ2n) is 7.20. The van der Waals surface area contributed by atoms with Crippen LogP contribution in [0, 0.1) is 0 Å². The quantitative estimate of drug-likeness (QED) is 0.840. The van der Waals surface area contributed by atoms with Gasteiger partial charge in [-0.05, 0) is 43.4 Å². The van der Waals surface area contributed by atoms with Crippen molar-refractivity contribution >= 4 is 11.9 Å². The highest BCUT2D eigenvalue weighted by Crippen LogP contribution is 2.29. The van der Waals surface area contributed by atoms with Crippen LogP contribution >= 0.6 is 0 Å². The summed E-state index contributed by atoms with van der Waals surface area (Å²) >= 11 is 0. The molecule has 2 aliphatic rings. The number of nitrogens with one attached hydrogen (secondary N) is 1. The molecule has 0 bridgehead atoms. The fraction of sp³-hybridized carbons (Fsp3) is 0.450. The Labute approximate surface area is 157 Å². The lowest BCUT2D eigenvalue weighted by atomic mass is 9.98. The molecule has 0 radical (unpaired) electrons. The molecule has 1 atom stereocenters. The Balaban J connectivity index is 1.67. The Hall–Kier alpha value is -2.67. The van der Waals surface area contributed by atoms with Gasteiger partial charge in [0, 0.05) is 24.3 Å². The van der Waals surface area contributed by atoms with E-state index in [4.69, 9.17) is 4.74 Å². The van der Waals surface area contributed by atoms with E-state index in [0.717, 1.165) is 42.6 Å². The summed E-state index contributed by atoms with van der Waals surface area (Å²) < 4.78 is 7.05. The van der Waals surface area contributed by atoms with Gasteiger partial charge in [-0.3, -0.25) is 4.79 Å². The van der Waals surface area contributed by atoms with Crippen LogP contribution in [0.1, 0.15) is 47.1 Å². The van der Waals surface area contributed by atoms with E-state index in [2.05, 4.69) is 29.5 Å². The van der Waals surface area contributed by atoms with Crippen LogP contribution < -0.4 is 5.32 Å². The van der Waals surface area contributed by atoms with Crippen LogP contribution in [-0.2, 0) is 28.8 Å². The van der Waals surface area contributed by atoms with Crippen molar-refractivity contribution in [3.63, 3.8) is 0 Å². The summed E-state index contributed by atoms with van der Waals surface area (Å²) in [5, 5.41) is 16.8. The van der Waals surface area contributed by atoms with Gasteiger partial charge in [0.2, 0.25) is 0 Å². The Kier molecular flexibility index (Phi) is 4.47. The van der Waals surface area contributed by atoms with Crippen molar-refractivity contribution in [2.45, 2.75) is 44.6 Å². The molecule has 1 aromatic carbocycles. The fourth-order valence-corrected chi connectivity index (χ4v) is 3.87. The van der Waals surface area contributed by atoms with E-state index in [0.29, 0.717) is 12.3 Å². The summed E-state index contributed by atoms with van der Waals surface area (Å²) in [4.78, 5) is 24.6. The number of carbonyl (C=O) groups excluding carboxylic acids is 1. The second-order valence-corrected chi connectivity index (χ2v) is 7.20. The Morgan fingerprint density at radius 2 is 2.07 bits per heavy atom. The van der Waals surface area contributed by atoms with Crippen LogP contribution in [0.5, 0.6) is 0 Å². The first-order valence-electron chi connectivity index (χ1n) is 9.38. The van der Waals surface area contributed by atoms with E-state index < -0.39 is 17.4 Å². The van der Waals surface area contributed by atoms with Crippen molar-refractivity contribution in [1.29, 1.82) is 0 Å². The highest BCUT2D eigenvalue weighted by Gasteiger charge is 2.45. The molecule has 0 spiro atoms. The molecule has 1 fully saturated rings. The van der Waals surface area contributed by atoms with Crippen LogP contribution in [0.25, 0.3) is 5.69 Å². The molecule has 2 N–H and O–H groups in total. The van der Waals surface area contributed by atoms with E-state index in [1.165, 1.54) is 5.56 Å². The molecule has 1 saturated heterocycles. The van der Waals surface area contributed by atoms with Crippen LogP contribution in [0.2, 0.25) is 0 Å². The number of hydrogen-bond acceptors (Lipinski definition) is 4. The maximum atomic E-state index is 12.9. The SMILES string of the molecule is CCc1ccc(-n2nc(C(=O)NC3(C(=O)O)CCOC3)c3c2CCC3)cc1. The Bertz CT molecular complexity index is 879. The summed E-state index contributed by atoms with van der Waals surface area (Å²) in [5.41, 5.74) is 3.08. The van der Waals surface area contributed by atoms with Crippen LogP contribution in [0.3, 0.4) is 0 Å². The lowest BCUT2D eigenvalue weighted by molar-refractivity contribution is -0.144. The van der Waals surface area contributed by atoms with Crippen LogP contribution in [0.15, 0.2) is 24.3 Å². The number of carboxylic acid groups (broad SMARTS) is 1. The number of fused-ring (bicyclic) bond motifs is 1. The first kappa shape index (κ1) is 17.7. The average molecular weight is 369 g/mol. The number of ether oxygens (including phenoxy) is 1. The van der Waals surface area contributed by atoms with Crippen molar-refractivity contribution < 1.29 is 19.4 Å². The first-order chi connectivity index (χ1) is 13.0. The number of carboxylic acids is 1. The number of rotatable bonds is 5. The third-order valence-electron chi connectivity index (χ3n) is 5.52. The molecule has 27 heavy (non-hydrogen) atoms. The molecule has 1 amide bonds. The maximum absolute atomic E-state index is 12.9. The number of aliphatic carboxylic acids is 1. The highest BCUT2D eigenvalue weighted by atomic mass is 16.5. The Morgan fingerprint density at radius 3 is 2.70 bits per heavy atom. The molecular formula is C20H23N3O4. The largest absolute Gasteiger partial charge is 0.479 e. The summed E-state index contributed by atoms with van der Waals surface area (Å²) in [5.74, 6) is -1.51. The van der Waals surface area contributed by atoms with Crippen LogP contribution in [0.4, 0.5) is 0 Å². The minimum Gasteiger partial charge on any atom is -0.479 e. The lowest BCUT2D eigenvalue weighted by Gasteiger charge is -2.23. The topological polar surface area (TPSA) is 93.5 Å². The minimum absolute atomic E-state index is 0.0184. The molecule has 7 nitrogen and oxygen atoms in total. The number of benzene rings is 1. The maximum Gasteiger partial charge on any atom is 0.331 e. The molecule has 1 aliphatic carbocycles. The molecule has 1 aliphatic heterocycles. The summed E-state index contributed by atoms with van der Waals surface area (Å²) in [6, 6.07) is 8.14. The third-order valence-corrected chi connectivity index (χ3v) is 5.52. The van der Waals surface area contributed by atoms with Gasteiger partial charge in [-0.1, -0.05) is 19.1 Å². The summed E-state index contributed by atoms with van der Waals surface area (Å²) in [7, 11) is 0. The molecule has 1 unspecified atom stereocenters. The predicted octanol–water partition coefficient (Wildman–Crippen LogP) is 1.90. The van der Waals surface area contributed by atoms with Crippen molar-refractivity contribution in [3.8, 4) is 5.69 Å². The molecule has 4 rings (SSSR count). The molecular weight excluding hydrogens is 346 g/mol. The zero-order chi connectivity index (χ0) is 19.0. The van der Waals surface area contributed by atoms with Gasteiger partial charge in [0.05, 0.1) is 12.3 Å². The lowest BCUT2D eigenvalue weighted by Crippen LogP contribution is -2.55. The van der Waals surface area contributed by atoms with Gasteiger partial charge in [-0.15, -0.1) is 0 Å². The van der Waals surface area contributed by atoms with Gasteiger partial charge >= 0.3 is 5.97 Å². The van der Waals surface area contributed by atoms with E-state index in [-0.39, 0.29) is 13.0 Å². The number of hydrogen-bond donors (Lipinski definition) is 2. The standard InChI is InChI=1S/C20H23N3O4/c1-2-13-6-8-14(9-7-13)23-16-5-3-4-15(16)17(22-23)18(24)21-20(19(25)26)10-11-27-12-20/h6-9H,2-5,10-12H2,1H3,(H,21,24)(H,25,26). The number of nitrogens with zero attached hydrogens (tertiary/aromatic N) is 2. The van der Waals surface area contributed by atoms with E-state index in [1.807, 2.05) is 16.8 Å². The normalized spacial score (nSPS) is 21.2. The van der Waals surface area contributed by atoms with E-state index in [9.17, 15) is 14.7 Å². The van der Waals surface area contributed by atoms with E-state index in [1.54, 1.807) is 0 Å². The van der Waals surface area contributed by atoms with E-state index >= 15 is 0 Å². The molecule has 0 saturated carbocycles. The van der Waals surface area contributed by atoms with Gasteiger partial charge in [-0.2, -0.15) is 5.10 Å². The third kappa shape index (κ3) is 3.02. The molecule has 1 aromatic heterocycles. The first-order valence-corrected chi connectivity index (χ1v) is 9.38. The fourth-order valence-electron chi connectivity index (χ4n) is 3.87. The highest BCUT2D eigenvalue weighted by molar-refractivity contribution is 5.98. The zero-order valence-electron chi connectivity index (χ0n) is 15.3. The number of carbonyl (C=O) groups is 2. The molecule has 2 heterocycles. The molecule has 2 aromatic rings. The van der Waals surface area contributed by atoms with Crippen molar-refractivity contribution in [3.05, 3.63) is 46.8 Å². The number of amides is 1. The van der Waals surface area contributed by atoms with Crippen molar-refractivity contribution in [2.75, 3.05) is 13.2 Å². The smallest absolute Gasteiger partial charge is 0.331 e. The van der Waals surface area contributed by atoms with Gasteiger partial charge in [-0.25, -0.2) is 9.48 Å². The summed E-state index contributed by atoms with van der Waals surface area (Å²) in [6.07, 6.45) is 3.83. The number of aryl methyl sites for hydroxylation is 1. The number of aromatic nitrogens is 2. The van der Waals surface area contributed by atoms with Gasteiger partial charge in [0.25, 0.3) is 5.91 Å². The van der Waals surface area contributed by atoms with Crippen molar-refractivity contribution in [2.24, 2.45) is 0 Å². The predicted molar refractivity (Wildman–Crippen MR) is 98.2 cm³/mol. The minimum atomic E-state index is -1.37. The second kappa shape index (κ2) is 6.81. The molecule has 142 valence electrons. The van der Waals surface area contributed by atoms with Crippen molar-refractivity contribution in [1.82, 2.24) is 15.1 Å². The summed E-state index contributed by atoms with van der Waals surface area (Å²) in [6.45, 7) is 2.41. The monoisotopic (exact) mass is 369 g/mol.